The van der Waals surface area contributed by atoms with Gasteiger partial charge in [-0.05, 0) is 45.2 Å². The maximum Gasteiger partial charge on any atom is 0.307 e. The number of carbonyl (C=O) groups excluding carboxylic acids is 2. The summed E-state index contributed by atoms with van der Waals surface area (Å²) < 4.78 is 23.6. The van der Waals surface area contributed by atoms with Crippen LogP contribution in [0.1, 0.15) is 201 Å². The zero-order chi connectivity index (χ0) is 38.6. The predicted octanol–water partition coefficient (Wildman–Crippen LogP) is 11.0. The molecule has 0 spiro atoms. The monoisotopic (exact) mass is 754 g/mol. The number of carbonyl (C=O) groups is 3. The van der Waals surface area contributed by atoms with Crippen LogP contribution in [0.4, 0.5) is 0 Å². The molecule has 1 aliphatic heterocycles. The molecular weight excluding hydrogens is 670 g/mol. The first-order chi connectivity index (χ1) is 25.9. The van der Waals surface area contributed by atoms with Crippen LogP contribution in [-0.4, -0.2) is 80.3 Å². The summed E-state index contributed by atoms with van der Waals surface area (Å²) in [6, 6.07) is 0. The summed E-state index contributed by atoms with van der Waals surface area (Å²) >= 11 is 0. The van der Waals surface area contributed by atoms with Gasteiger partial charge in [0.25, 0.3) is 0 Å². The number of rotatable bonds is 39. The molecule has 1 unspecified atom stereocenters. The number of hydrogen-bond acceptors (Lipinski definition) is 8. The summed E-state index contributed by atoms with van der Waals surface area (Å²) in [5.41, 5.74) is 0. The first-order valence-electron chi connectivity index (χ1n) is 22.4. The van der Waals surface area contributed by atoms with E-state index in [1.807, 2.05) is 0 Å². The van der Waals surface area contributed by atoms with Crippen LogP contribution in [0.5, 0.6) is 0 Å². The number of nitrogens with zero attached hydrogens (tertiary/aromatic N) is 1. The molecule has 1 N–H and O–H groups in total. The van der Waals surface area contributed by atoms with Crippen molar-refractivity contribution in [2.75, 3.05) is 46.1 Å². The van der Waals surface area contributed by atoms with Gasteiger partial charge in [0.05, 0.1) is 25.6 Å². The molecule has 0 aromatic carbocycles. The van der Waals surface area contributed by atoms with E-state index in [1.165, 1.54) is 103 Å². The summed E-state index contributed by atoms with van der Waals surface area (Å²) in [5.74, 6) is -1.73. The Balaban J connectivity index is 2.50. The minimum atomic E-state index is -0.750. The number of esters is 2. The zero-order valence-corrected chi connectivity index (χ0v) is 34.7. The Labute approximate surface area is 325 Å². The molecule has 1 rings (SSSR count). The van der Waals surface area contributed by atoms with Crippen molar-refractivity contribution in [2.45, 2.75) is 207 Å². The van der Waals surface area contributed by atoms with Gasteiger partial charge in [0.2, 0.25) is 0 Å². The molecule has 1 aliphatic rings. The average molecular weight is 754 g/mol. The molecule has 0 aromatic heterocycles. The number of carboxylic acid groups (broad SMARTS) is 1. The van der Waals surface area contributed by atoms with E-state index in [-0.39, 0.29) is 43.4 Å². The quantitative estimate of drug-likeness (QED) is 0.0372. The van der Waals surface area contributed by atoms with Crippen LogP contribution in [0.2, 0.25) is 0 Å². The van der Waals surface area contributed by atoms with Crippen LogP contribution >= 0.6 is 0 Å². The van der Waals surface area contributed by atoms with Crippen LogP contribution in [0, 0.1) is 11.8 Å². The van der Waals surface area contributed by atoms with Crippen LogP contribution in [0.3, 0.4) is 0 Å². The highest BCUT2D eigenvalue weighted by molar-refractivity contribution is 5.70. The van der Waals surface area contributed by atoms with Crippen molar-refractivity contribution < 1.29 is 38.4 Å². The van der Waals surface area contributed by atoms with Gasteiger partial charge in [-0.2, -0.15) is 0 Å². The molecule has 0 radical (unpaired) electrons. The minimum Gasteiger partial charge on any atom is -0.481 e. The fourth-order valence-electron chi connectivity index (χ4n) is 6.96. The molecule has 0 saturated carbocycles. The van der Waals surface area contributed by atoms with Crippen LogP contribution in [-0.2, 0) is 33.3 Å². The lowest BCUT2D eigenvalue weighted by molar-refractivity contribution is -0.161. The summed E-state index contributed by atoms with van der Waals surface area (Å²) in [7, 11) is 0. The van der Waals surface area contributed by atoms with Gasteiger partial charge in [-0.25, -0.2) is 0 Å². The molecule has 9 heteroatoms. The van der Waals surface area contributed by atoms with Crippen LogP contribution < -0.4 is 0 Å². The Morgan fingerprint density at radius 1 is 0.585 bits per heavy atom. The van der Waals surface area contributed by atoms with E-state index in [9.17, 15) is 19.5 Å². The topological polar surface area (TPSA) is 112 Å². The van der Waals surface area contributed by atoms with Crippen LogP contribution in [0.25, 0.3) is 0 Å². The fraction of sp³-hybridized carbons (Fsp3) is 0.932. The highest BCUT2D eigenvalue weighted by Gasteiger charge is 2.28. The molecule has 2 atom stereocenters. The van der Waals surface area contributed by atoms with E-state index in [0.717, 1.165) is 51.5 Å². The van der Waals surface area contributed by atoms with Crippen molar-refractivity contribution in [1.29, 1.82) is 0 Å². The molecule has 1 heterocycles. The lowest BCUT2D eigenvalue weighted by Crippen LogP contribution is -2.29. The van der Waals surface area contributed by atoms with Gasteiger partial charge in [-0.1, -0.05) is 149 Å². The lowest BCUT2D eigenvalue weighted by Gasteiger charge is -2.22. The SMILES string of the molecule is CCCCCCCCCCCCCC(=O)OC[C@H](CCN1CCC(C(=O)O)C1)COC(=O)CCC(OCCCCCCCC)OCCCCCCCC. The smallest absolute Gasteiger partial charge is 0.307 e. The van der Waals surface area contributed by atoms with Gasteiger partial charge in [0, 0.05) is 38.5 Å². The highest BCUT2D eigenvalue weighted by Crippen LogP contribution is 2.19. The van der Waals surface area contributed by atoms with Gasteiger partial charge in [0.15, 0.2) is 6.29 Å². The predicted molar refractivity (Wildman–Crippen MR) is 215 cm³/mol. The third-order valence-corrected chi connectivity index (χ3v) is 10.6. The lowest BCUT2D eigenvalue weighted by atomic mass is 10.1. The fourth-order valence-corrected chi connectivity index (χ4v) is 6.96. The standard InChI is InChI=1S/C44H83NO8/c1-4-7-10-13-16-17-18-19-20-21-24-27-41(46)52-37-39(30-32-45-33-31-40(36-45)44(48)49)38-53-42(47)28-29-43(50-34-25-22-14-11-8-5-2)51-35-26-23-15-12-9-6-3/h39-40,43H,4-38H2,1-3H3,(H,48,49)/t39-,40?/m0/s1. The van der Waals surface area contributed by atoms with E-state index in [4.69, 9.17) is 18.9 Å². The molecule has 0 amide bonds. The van der Waals surface area contributed by atoms with Gasteiger partial charge in [-0.3, -0.25) is 14.4 Å². The van der Waals surface area contributed by atoms with Gasteiger partial charge in [0.1, 0.15) is 0 Å². The molecule has 1 fully saturated rings. The molecule has 0 bridgehead atoms. The molecule has 0 aliphatic carbocycles. The summed E-state index contributed by atoms with van der Waals surface area (Å²) in [4.78, 5) is 39.1. The van der Waals surface area contributed by atoms with Crippen molar-refractivity contribution in [3.05, 3.63) is 0 Å². The molecule has 312 valence electrons. The maximum atomic E-state index is 12.9. The number of unbranched alkanes of at least 4 members (excludes halogenated alkanes) is 20. The second kappa shape index (κ2) is 36.0. The Morgan fingerprint density at radius 3 is 1.47 bits per heavy atom. The van der Waals surface area contributed by atoms with Crippen molar-refractivity contribution in [3.8, 4) is 0 Å². The average Bonchev–Trinajstić information content (AvgIpc) is 3.64. The first kappa shape index (κ1) is 49.3. The summed E-state index contributed by atoms with van der Waals surface area (Å²) in [6.45, 7) is 10.3. The van der Waals surface area contributed by atoms with Gasteiger partial charge >= 0.3 is 17.9 Å². The summed E-state index contributed by atoms with van der Waals surface area (Å²) in [6.07, 6.45) is 29.8. The van der Waals surface area contributed by atoms with Crippen LogP contribution in [0.15, 0.2) is 0 Å². The van der Waals surface area contributed by atoms with Crippen molar-refractivity contribution in [1.82, 2.24) is 4.90 Å². The van der Waals surface area contributed by atoms with E-state index >= 15 is 0 Å². The number of likely N-dealkylation sites (tertiary alicyclic amines) is 1. The van der Waals surface area contributed by atoms with E-state index in [1.54, 1.807) is 0 Å². The Hall–Kier alpha value is -1.71. The maximum absolute atomic E-state index is 12.9. The second-order valence-corrected chi connectivity index (χ2v) is 15.7. The number of hydrogen-bond donors (Lipinski definition) is 1. The Kier molecular flexibility index (Phi) is 33.5. The van der Waals surface area contributed by atoms with Crippen molar-refractivity contribution in [2.24, 2.45) is 11.8 Å². The first-order valence-corrected chi connectivity index (χ1v) is 22.4. The van der Waals surface area contributed by atoms with Crippen molar-refractivity contribution >= 4 is 17.9 Å². The van der Waals surface area contributed by atoms with Gasteiger partial charge < -0.3 is 29.0 Å². The largest absolute Gasteiger partial charge is 0.481 e. The molecular formula is C44H83NO8. The minimum absolute atomic E-state index is 0.146. The van der Waals surface area contributed by atoms with Crippen molar-refractivity contribution in [3.63, 3.8) is 0 Å². The third kappa shape index (κ3) is 30.2. The van der Waals surface area contributed by atoms with E-state index in [2.05, 4.69) is 25.7 Å². The van der Waals surface area contributed by atoms with E-state index in [0.29, 0.717) is 52.0 Å². The second-order valence-electron chi connectivity index (χ2n) is 15.7. The summed E-state index contributed by atoms with van der Waals surface area (Å²) in [5, 5.41) is 9.41. The third-order valence-electron chi connectivity index (χ3n) is 10.6. The zero-order valence-electron chi connectivity index (χ0n) is 34.7. The molecule has 9 nitrogen and oxygen atoms in total. The highest BCUT2D eigenvalue weighted by atomic mass is 16.7. The molecule has 0 aromatic rings. The number of aliphatic carboxylic acids is 1. The number of ether oxygens (including phenoxy) is 4. The molecule has 53 heavy (non-hydrogen) atoms. The Bertz CT molecular complexity index is 852. The molecule has 1 saturated heterocycles. The Morgan fingerprint density at radius 2 is 1.02 bits per heavy atom. The van der Waals surface area contributed by atoms with E-state index < -0.39 is 12.3 Å². The number of carboxylic acids is 1. The normalized spacial score (nSPS) is 15.3. The van der Waals surface area contributed by atoms with Gasteiger partial charge in [-0.15, -0.1) is 0 Å².